The van der Waals surface area contributed by atoms with Crippen LogP contribution in [0.15, 0.2) is 36.9 Å². The summed E-state index contributed by atoms with van der Waals surface area (Å²) in [6.45, 7) is 0.561. The molecule has 1 saturated heterocycles. The molecule has 0 saturated carbocycles. The van der Waals surface area contributed by atoms with Crippen LogP contribution in [0.5, 0.6) is 0 Å². The molecule has 112 valence electrons. The first-order chi connectivity index (χ1) is 10.1. The van der Waals surface area contributed by atoms with Gasteiger partial charge in [-0.25, -0.2) is 4.98 Å². The Morgan fingerprint density at radius 1 is 1.43 bits per heavy atom. The maximum Gasteiger partial charge on any atom is 0.215 e. The Labute approximate surface area is 132 Å². The van der Waals surface area contributed by atoms with Crippen LogP contribution in [0.4, 0.5) is 0 Å². The van der Waals surface area contributed by atoms with E-state index >= 15 is 0 Å². The van der Waals surface area contributed by atoms with Gasteiger partial charge in [0.2, 0.25) is 5.79 Å². The highest BCUT2D eigenvalue weighted by atomic mass is 35.5. The van der Waals surface area contributed by atoms with Gasteiger partial charge < -0.3 is 19.1 Å². The third-order valence-electron chi connectivity index (χ3n) is 3.35. The predicted molar refractivity (Wildman–Crippen MR) is 78.3 cm³/mol. The lowest BCUT2D eigenvalue weighted by molar-refractivity contribution is -0.189. The molecular weight excluding hydrogens is 315 g/mol. The van der Waals surface area contributed by atoms with Gasteiger partial charge in [0.25, 0.3) is 0 Å². The van der Waals surface area contributed by atoms with Crippen molar-refractivity contribution in [3.8, 4) is 0 Å². The molecule has 1 aliphatic heterocycles. The molecule has 0 aliphatic carbocycles. The van der Waals surface area contributed by atoms with Gasteiger partial charge in [-0.05, 0) is 12.1 Å². The molecule has 1 N–H and O–H groups in total. The van der Waals surface area contributed by atoms with Crippen LogP contribution in [0.25, 0.3) is 0 Å². The van der Waals surface area contributed by atoms with Gasteiger partial charge in [-0.2, -0.15) is 0 Å². The Kier molecular flexibility index (Phi) is 4.19. The largest absolute Gasteiger partial charge is 0.394 e. The second kappa shape index (κ2) is 5.94. The number of nitrogens with zero attached hydrogens (tertiary/aromatic N) is 2. The number of benzene rings is 1. The van der Waals surface area contributed by atoms with Crippen molar-refractivity contribution in [2.45, 2.75) is 18.4 Å². The third-order valence-corrected chi connectivity index (χ3v) is 3.90. The van der Waals surface area contributed by atoms with E-state index in [2.05, 4.69) is 4.98 Å². The highest BCUT2D eigenvalue weighted by Crippen LogP contribution is 2.40. The fraction of sp³-hybridized carbons (Fsp3) is 0.357. The minimum Gasteiger partial charge on any atom is -0.394 e. The quantitative estimate of drug-likeness (QED) is 0.936. The van der Waals surface area contributed by atoms with Crippen LogP contribution >= 0.6 is 23.2 Å². The Morgan fingerprint density at radius 3 is 2.90 bits per heavy atom. The number of aliphatic hydroxyl groups excluding tert-OH is 1. The van der Waals surface area contributed by atoms with Crippen LogP contribution in [0.2, 0.25) is 10.0 Å². The molecule has 1 aliphatic rings. The van der Waals surface area contributed by atoms with Crippen molar-refractivity contribution in [1.29, 1.82) is 0 Å². The monoisotopic (exact) mass is 328 g/mol. The molecule has 1 aromatic carbocycles. The van der Waals surface area contributed by atoms with E-state index in [1.165, 1.54) is 0 Å². The zero-order valence-corrected chi connectivity index (χ0v) is 12.6. The summed E-state index contributed by atoms with van der Waals surface area (Å²) >= 11 is 12.2. The fourth-order valence-electron chi connectivity index (χ4n) is 2.38. The highest BCUT2D eigenvalue weighted by Gasteiger charge is 2.44. The first kappa shape index (κ1) is 14.8. The molecule has 3 rings (SSSR count). The zero-order valence-electron chi connectivity index (χ0n) is 11.1. The summed E-state index contributed by atoms with van der Waals surface area (Å²) in [7, 11) is 0. The second-order valence-electron chi connectivity index (χ2n) is 4.85. The summed E-state index contributed by atoms with van der Waals surface area (Å²) in [4.78, 5) is 4.01. The second-order valence-corrected chi connectivity index (χ2v) is 5.69. The number of hydrogen-bond acceptors (Lipinski definition) is 4. The van der Waals surface area contributed by atoms with Crippen LogP contribution in [0.3, 0.4) is 0 Å². The van der Waals surface area contributed by atoms with Crippen LogP contribution in [-0.4, -0.2) is 34.0 Å². The average molecular weight is 329 g/mol. The lowest BCUT2D eigenvalue weighted by Gasteiger charge is -2.29. The number of aromatic nitrogens is 2. The molecule has 2 atom stereocenters. The van der Waals surface area contributed by atoms with Gasteiger partial charge in [0.1, 0.15) is 6.10 Å². The molecule has 7 heteroatoms. The van der Waals surface area contributed by atoms with Crippen LogP contribution in [0, 0.1) is 0 Å². The Hall–Kier alpha value is -1.11. The molecule has 2 heterocycles. The van der Waals surface area contributed by atoms with E-state index in [1.54, 1.807) is 30.7 Å². The molecule has 21 heavy (non-hydrogen) atoms. The maximum absolute atomic E-state index is 9.31. The summed E-state index contributed by atoms with van der Waals surface area (Å²) in [5.74, 6) is -1.06. The van der Waals surface area contributed by atoms with Gasteiger partial charge >= 0.3 is 0 Å². The van der Waals surface area contributed by atoms with E-state index in [9.17, 15) is 5.11 Å². The van der Waals surface area contributed by atoms with E-state index in [1.807, 2.05) is 10.8 Å². The van der Waals surface area contributed by atoms with E-state index in [0.29, 0.717) is 28.8 Å². The first-order valence-corrected chi connectivity index (χ1v) is 7.22. The molecule has 1 fully saturated rings. The van der Waals surface area contributed by atoms with Gasteiger partial charge in [-0.15, -0.1) is 0 Å². The SMILES string of the molecule is OCC1COC(Cn2ccnc2)(c2ccc(Cl)cc2Cl)O1. The molecule has 0 spiro atoms. The Morgan fingerprint density at radius 2 is 2.29 bits per heavy atom. The van der Waals surface area contributed by atoms with Gasteiger partial charge in [-0.1, -0.05) is 29.3 Å². The third kappa shape index (κ3) is 2.93. The highest BCUT2D eigenvalue weighted by molar-refractivity contribution is 6.35. The maximum atomic E-state index is 9.31. The first-order valence-electron chi connectivity index (χ1n) is 6.47. The average Bonchev–Trinajstić information content (AvgIpc) is 3.09. The molecule has 0 radical (unpaired) electrons. The van der Waals surface area contributed by atoms with E-state index < -0.39 is 5.79 Å². The van der Waals surface area contributed by atoms with Gasteiger partial charge in [0, 0.05) is 23.0 Å². The van der Waals surface area contributed by atoms with Crippen molar-refractivity contribution in [2.75, 3.05) is 13.2 Å². The summed E-state index contributed by atoms with van der Waals surface area (Å²) in [5, 5.41) is 10.3. The number of rotatable bonds is 4. The number of ether oxygens (including phenoxy) is 2. The predicted octanol–water partition coefficient (Wildman–Crippen LogP) is 2.45. The van der Waals surface area contributed by atoms with Gasteiger partial charge in [-0.3, -0.25) is 0 Å². The van der Waals surface area contributed by atoms with Gasteiger partial charge in [0.05, 0.1) is 31.1 Å². The summed E-state index contributed by atoms with van der Waals surface area (Å²) < 4.78 is 13.6. The van der Waals surface area contributed by atoms with Crippen LogP contribution in [0.1, 0.15) is 5.56 Å². The number of halogens is 2. The Balaban J connectivity index is 1.99. The Bertz CT molecular complexity index is 621. The molecule has 0 bridgehead atoms. The smallest absolute Gasteiger partial charge is 0.215 e. The van der Waals surface area contributed by atoms with Crippen molar-refractivity contribution in [1.82, 2.24) is 9.55 Å². The normalized spacial score (nSPS) is 25.4. The fourth-order valence-corrected chi connectivity index (χ4v) is 2.94. The van der Waals surface area contributed by atoms with Crippen molar-refractivity contribution in [3.05, 3.63) is 52.5 Å². The van der Waals surface area contributed by atoms with Crippen molar-refractivity contribution in [3.63, 3.8) is 0 Å². The summed E-state index contributed by atoms with van der Waals surface area (Å²) in [5.41, 5.74) is 0.679. The van der Waals surface area contributed by atoms with E-state index in [4.69, 9.17) is 32.7 Å². The van der Waals surface area contributed by atoms with Crippen molar-refractivity contribution in [2.24, 2.45) is 0 Å². The van der Waals surface area contributed by atoms with Crippen molar-refractivity contribution >= 4 is 23.2 Å². The van der Waals surface area contributed by atoms with Gasteiger partial charge in [0.15, 0.2) is 0 Å². The van der Waals surface area contributed by atoms with E-state index in [-0.39, 0.29) is 12.7 Å². The minimum atomic E-state index is -1.06. The molecular formula is C14H14Cl2N2O3. The number of hydrogen-bond donors (Lipinski definition) is 1. The minimum absolute atomic E-state index is 0.114. The van der Waals surface area contributed by atoms with Crippen LogP contribution < -0.4 is 0 Å². The molecule has 2 unspecified atom stereocenters. The van der Waals surface area contributed by atoms with Crippen molar-refractivity contribution < 1.29 is 14.6 Å². The van der Waals surface area contributed by atoms with Crippen LogP contribution in [-0.2, 0) is 21.8 Å². The molecule has 0 amide bonds. The zero-order chi connectivity index (χ0) is 14.9. The summed E-state index contributed by atoms with van der Waals surface area (Å²) in [6.07, 6.45) is 4.77. The number of imidazole rings is 1. The summed E-state index contributed by atoms with van der Waals surface area (Å²) in [6, 6.07) is 5.16. The lowest BCUT2D eigenvalue weighted by Crippen LogP contribution is -2.34. The van der Waals surface area contributed by atoms with E-state index in [0.717, 1.165) is 0 Å². The lowest BCUT2D eigenvalue weighted by atomic mass is 10.1. The molecule has 2 aromatic rings. The topological polar surface area (TPSA) is 56.5 Å². The molecule has 5 nitrogen and oxygen atoms in total. The molecule has 1 aromatic heterocycles. The standard InChI is InChI=1S/C14H14Cl2N2O3/c15-10-1-2-12(13(16)5-10)14(8-18-4-3-17-9-18)20-7-11(6-19)21-14/h1-5,9,11,19H,6-8H2. The number of aliphatic hydroxyl groups is 1.